The third-order valence-electron chi connectivity index (χ3n) is 4.87. The van der Waals surface area contributed by atoms with E-state index in [0.29, 0.717) is 24.3 Å². The Bertz CT molecular complexity index is 801. The first-order chi connectivity index (χ1) is 14.5. The molecule has 4 nitrogen and oxygen atoms in total. The van der Waals surface area contributed by atoms with Crippen molar-refractivity contribution in [2.24, 2.45) is 0 Å². The molecule has 2 aromatic carbocycles. The first kappa shape index (κ1) is 23.9. The highest BCUT2D eigenvalue weighted by Gasteiger charge is 2.26. The molecule has 0 aliphatic heterocycles. The predicted molar refractivity (Wildman–Crippen MR) is 122 cm³/mol. The number of rotatable bonds is 12. The lowest BCUT2D eigenvalue weighted by atomic mass is 10.1. The normalized spacial score (nSPS) is 11.7. The number of hydrogen-bond acceptors (Lipinski definition) is 3. The number of thioether (sulfide) groups is 1. The predicted octanol–water partition coefficient (Wildman–Crippen LogP) is 4.78. The van der Waals surface area contributed by atoms with Gasteiger partial charge in [-0.2, -0.15) is 11.8 Å². The van der Waals surface area contributed by atoms with Crippen LogP contribution in [-0.2, 0) is 21.9 Å². The van der Waals surface area contributed by atoms with Gasteiger partial charge in [0, 0.05) is 36.6 Å². The second-order valence-electron chi connectivity index (χ2n) is 7.22. The maximum Gasteiger partial charge on any atom is 0.242 e. The van der Waals surface area contributed by atoms with E-state index in [9.17, 15) is 14.0 Å². The van der Waals surface area contributed by atoms with Gasteiger partial charge in [0.1, 0.15) is 11.9 Å². The fourth-order valence-corrected chi connectivity index (χ4v) is 3.89. The summed E-state index contributed by atoms with van der Waals surface area (Å²) in [5.41, 5.74) is 1.62. The number of unbranched alkanes of at least 4 members (excludes halogenated alkanes) is 1. The molecule has 162 valence electrons. The number of nitrogens with one attached hydrogen (secondary N) is 1. The first-order valence-electron chi connectivity index (χ1n) is 10.4. The van der Waals surface area contributed by atoms with Crippen LogP contribution in [0.4, 0.5) is 4.39 Å². The van der Waals surface area contributed by atoms with E-state index >= 15 is 0 Å². The molecule has 0 unspecified atom stereocenters. The van der Waals surface area contributed by atoms with Gasteiger partial charge in [-0.25, -0.2) is 4.39 Å². The summed E-state index contributed by atoms with van der Waals surface area (Å²) >= 11 is 1.68. The number of carbonyl (C=O) groups is 2. The SMILES string of the molecule is CCCCNC(=O)[C@@H](C)N(Cc1ccccc1F)C(=O)CCSCc1ccccc1. The van der Waals surface area contributed by atoms with Crippen molar-refractivity contribution < 1.29 is 14.0 Å². The number of halogens is 1. The Morgan fingerprint density at radius 2 is 1.80 bits per heavy atom. The summed E-state index contributed by atoms with van der Waals surface area (Å²) in [5.74, 6) is 0.759. The van der Waals surface area contributed by atoms with Crippen LogP contribution in [0.15, 0.2) is 54.6 Å². The van der Waals surface area contributed by atoms with Crippen molar-refractivity contribution in [3.63, 3.8) is 0 Å². The second-order valence-corrected chi connectivity index (χ2v) is 8.33. The topological polar surface area (TPSA) is 49.4 Å². The molecular weight excluding hydrogens is 399 g/mol. The van der Waals surface area contributed by atoms with Crippen LogP contribution in [0.5, 0.6) is 0 Å². The minimum absolute atomic E-state index is 0.0806. The number of carbonyl (C=O) groups excluding carboxylic acids is 2. The minimum atomic E-state index is -0.659. The van der Waals surface area contributed by atoms with E-state index in [4.69, 9.17) is 0 Å². The van der Waals surface area contributed by atoms with Gasteiger partial charge in [0.2, 0.25) is 11.8 Å². The first-order valence-corrected chi connectivity index (χ1v) is 11.6. The van der Waals surface area contributed by atoms with Gasteiger partial charge < -0.3 is 10.2 Å². The molecule has 0 spiro atoms. The molecule has 6 heteroatoms. The Labute approximate surface area is 183 Å². The van der Waals surface area contributed by atoms with Crippen molar-refractivity contribution in [1.29, 1.82) is 0 Å². The second kappa shape index (κ2) is 13.1. The van der Waals surface area contributed by atoms with Crippen molar-refractivity contribution in [3.05, 3.63) is 71.5 Å². The third-order valence-corrected chi connectivity index (χ3v) is 5.90. The summed E-state index contributed by atoms with van der Waals surface area (Å²) in [7, 11) is 0. The van der Waals surface area contributed by atoms with Crippen molar-refractivity contribution in [1.82, 2.24) is 10.2 Å². The summed E-state index contributed by atoms with van der Waals surface area (Å²) in [5, 5.41) is 2.88. The highest BCUT2D eigenvalue weighted by molar-refractivity contribution is 7.98. The molecule has 2 rings (SSSR count). The summed E-state index contributed by atoms with van der Waals surface area (Å²) in [6.45, 7) is 4.42. The molecule has 2 amide bonds. The van der Waals surface area contributed by atoms with Crippen molar-refractivity contribution in [2.75, 3.05) is 12.3 Å². The van der Waals surface area contributed by atoms with Crippen LogP contribution < -0.4 is 5.32 Å². The molecule has 2 aromatic rings. The van der Waals surface area contributed by atoms with Crippen molar-refractivity contribution >= 4 is 23.6 Å². The van der Waals surface area contributed by atoms with Crippen LogP contribution in [0.3, 0.4) is 0 Å². The summed E-state index contributed by atoms with van der Waals surface area (Å²) in [6, 6.07) is 15.8. The highest BCUT2D eigenvalue weighted by atomic mass is 32.2. The average molecular weight is 431 g/mol. The molecule has 0 aliphatic carbocycles. The van der Waals surface area contributed by atoms with Crippen molar-refractivity contribution in [2.45, 2.75) is 51.4 Å². The van der Waals surface area contributed by atoms with Gasteiger partial charge >= 0.3 is 0 Å². The van der Waals surface area contributed by atoms with Gasteiger partial charge in [-0.05, 0) is 25.0 Å². The third kappa shape index (κ3) is 7.82. The smallest absolute Gasteiger partial charge is 0.242 e. The molecule has 0 radical (unpaired) electrons. The zero-order valence-electron chi connectivity index (χ0n) is 17.8. The molecule has 30 heavy (non-hydrogen) atoms. The average Bonchev–Trinajstić information content (AvgIpc) is 2.76. The van der Waals surface area contributed by atoms with E-state index in [1.807, 2.05) is 18.2 Å². The maximum atomic E-state index is 14.2. The zero-order chi connectivity index (χ0) is 21.8. The molecule has 1 atom stereocenters. The molecule has 0 aromatic heterocycles. The van der Waals surface area contributed by atoms with E-state index in [1.54, 1.807) is 36.9 Å². The standard InChI is InChI=1S/C24H31FN2O2S/c1-3-4-15-26-24(29)19(2)27(17-21-12-8-9-13-22(21)25)23(28)14-16-30-18-20-10-6-5-7-11-20/h5-13,19H,3-4,14-18H2,1-2H3,(H,26,29)/t19-/m1/s1. The van der Waals surface area contributed by atoms with Crippen molar-refractivity contribution in [3.8, 4) is 0 Å². The van der Waals surface area contributed by atoms with E-state index < -0.39 is 6.04 Å². The van der Waals surface area contributed by atoms with Gasteiger partial charge in [0.25, 0.3) is 0 Å². The molecule has 1 N–H and O–H groups in total. The number of amides is 2. The van der Waals surface area contributed by atoms with E-state index in [2.05, 4.69) is 24.4 Å². The van der Waals surface area contributed by atoms with Gasteiger partial charge in [-0.3, -0.25) is 9.59 Å². The van der Waals surface area contributed by atoms with E-state index in [-0.39, 0.29) is 24.2 Å². The van der Waals surface area contributed by atoms with Gasteiger partial charge in [-0.1, -0.05) is 61.9 Å². The molecule has 0 saturated carbocycles. The molecule has 0 heterocycles. The van der Waals surface area contributed by atoms with E-state index in [1.165, 1.54) is 16.5 Å². The highest BCUT2D eigenvalue weighted by Crippen LogP contribution is 2.17. The van der Waals surface area contributed by atoms with Crippen LogP contribution in [0.1, 0.15) is 44.2 Å². The zero-order valence-corrected chi connectivity index (χ0v) is 18.6. The molecule has 0 fully saturated rings. The van der Waals surface area contributed by atoms with Crippen LogP contribution in [0.2, 0.25) is 0 Å². The Morgan fingerprint density at radius 1 is 1.10 bits per heavy atom. The number of hydrogen-bond donors (Lipinski definition) is 1. The summed E-state index contributed by atoms with van der Waals surface area (Å²) < 4.78 is 14.2. The minimum Gasteiger partial charge on any atom is -0.354 e. The number of nitrogens with zero attached hydrogens (tertiary/aromatic N) is 1. The number of benzene rings is 2. The fourth-order valence-electron chi connectivity index (χ4n) is 3.00. The largest absolute Gasteiger partial charge is 0.354 e. The maximum absolute atomic E-state index is 14.2. The lowest BCUT2D eigenvalue weighted by molar-refractivity contribution is -0.140. The lowest BCUT2D eigenvalue weighted by Crippen LogP contribution is -2.48. The van der Waals surface area contributed by atoms with Gasteiger partial charge in [0.05, 0.1) is 0 Å². The Morgan fingerprint density at radius 3 is 2.50 bits per heavy atom. The Hall–Kier alpha value is -2.34. The van der Waals surface area contributed by atoms with Crippen LogP contribution >= 0.6 is 11.8 Å². The molecule has 0 saturated heterocycles. The quantitative estimate of drug-likeness (QED) is 0.493. The lowest BCUT2D eigenvalue weighted by Gasteiger charge is -2.29. The van der Waals surface area contributed by atoms with Crippen LogP contribution in [0, 0.1) is 5.82 Å². The van der Waals surface area contributed by atoms with Crippen LogP contribution in [0.25, 0.3) is 0 Å². The molecule has 0 bridgehead atoms. The Balaban J connectivity index is 1.98. The molecular formula is C24H31FN2O2S. The van der Waals surface area contributed by atoms with Gasteiger partial charge in [-0.15, -0.1) is 0 Å². The summed E-state index contributed by atoms with van der Waals surface area (Å²) in [4.78, 5) is 27.0. The summed E-state index contributed by atoms with van der Waals surface area (Å²) in [6.07, 6.45) is 2.17. The monoisotopic (exact) mass is 430 g/mol. The van der Waals surface area contributed by atoms with Gasteiger partial charge in [0.15, 0.2) is 0 Å². The molecule has 0 aliphatic rings. The van der Waals surface area contributed by atoms with Crippen LogP contribution in [-0.4, -0.2) is 35.1 Å². The fraction of sp³-hybridized carbons (Fsp3) is 0.417. The Kier molecular flexibility index (Phi) is 10.4. The van der Waals surface area contributed by atoms with E-state index in [0.717, 1.165) is 18.6 Å².